The van der Waals surface area contributed by atoms with Crippen LogP contribution >= 0.6 is 7.82 Å². The van der Waals surface area contributed by atoms with Gasteiger partial charge >= 0.3 is 0 Å². The number of carbonyl (C=O) groups excluding carboxylic acids is 1. The Balaban J connectivity index is 4.31. The molecular weight excluding hydrogens is 683 g/mol. The number of nitrogens with zero attached hydrogens (tertiary/aromatic N) is 1. The summed E-state index contributed by atoms with van der Waals surface area (Å²) in [4.78, 5) is 25.3. The summed E-state index contributed by atoms with van der Waals surface area (Å²) >= 11 is 0. The molecule has 318 valence electrons. The molecule has 0 rings (SSSR count). The number of quaternary nitrogens is 1. The van der Waals surface area contributed by atoms with Crippen molar-refractivity contribution < 1.29 is 32.9 Å². The van der Waals surface area contributed by atoms with E-state index in [0.717, 1.165) is 38.5 Å². The van der Waals surface area contributed by atoms with Crippen LogP contribution in [0.3, 0.4) is 0 Å². The number of phosphoric acid groups is 1. The van der Waals surface area contributed by atoms with Gasteiger partial charge in [-0.1, -0.05) is 206 Å². The van der Waals surface area contributed by atoms with Crippen LogP contribution in [0.4, 0.5) is 0 Å². The minimum atomic E-state index is -4.56. The van der Waals surface area contributed by atoms with E-state index in [-0.39, 0.29) is 19.1 Å². The molecule has 0 aromatic rings. The van der Waals surface area contributed by atoms with Crippen molar-refractivity contribution in [1.29, 1.82) is 0 Å². The van der Waals surface area contributed by atoms with Gasteiger partial charge in [0.25, 0.3) is 7.82 Å². The third kappa shape index (κ3) is 39.5. The summed E-state index contributed by atoms with van der Waals surface area (Å²) in [5, 5.41) is 13.9. The third-order valence-electron chi connectivity index (χ3n) is 10.6. The van der Waals surface area contributed by atoms with E-state index >= 15 is 0 Å². The van der Waals surface area contributed by atoms with Crippen molar-refractivity contribution in [3.8, 4) is 0 Å². The average molecular weight is 775 g/mol. The molecule has 3 atom stereocenters. The highest BCUT2D eigenvalue weighted by molar-refractivity contribution is 7.45. The highest BCUT2D eigenvalue weighted by Crippen LogP contribution is 2.38. The van der Waals surface area contributed by atoms with Crippen molar-refractivity contribution in [1.82, 2.24) is 5.32 Å². The van der Waals surface area contributed by atoms with Crippen molar-refractivity contribution >= 4 is 13.7 Å². The lowest BCUT2D eigenvalue weighted by Crippen LogP contribution is -2.46. The molecule has 0 aliphatic carbocycles. The number of phosphoric ester groups is 1. The number of hydrogen-bond donors (Lipinski definition) is 2. The van der Waals surface area contributed by atoms with Crippen LogP contribution in [0.15, 0.2) is 0 Å². The first-order valence-electron chi connectivity index (χ1n) is 22.9. The lowest BCUT2D eigenvalue weighted by Gasteiger charge is -2.30. The molecule has 53 heavy (non-hydrogen) atoms. The average Bonchev–Trinajstić information content (AvgIpc) is 3.10. The molecule has 0 radical (unpaired) electrons. The summed E-state index contributed by atoms with van der Waals surface area (Å²) in [5.74, 6) is -0.161. The second-order valence-electron chi connectivity index (χ2n) is 17.1. The fraction of sp³-hybridized carbons (Fsp3) is 0.977. The van der Waals surface area contributed by atoms with Gasteiger partial charge in [-0.05, 0) is 12.8 Å². The minimum absolute atomic E-state index is 0.0161. The van der Waals surface area contributed by atoms with Crippen molar-refractivity contribution in [3.05, 3.63) is 0 Å². The maximum Gasteiger partial charge on any atom is 0.268 e. The lowest BCUT2D eigenvalue weighted by atomic mass is 10.0. The smallest absolute Gasteiger partial charge is 0.268 e. The second kappa shape index (κ2) is 37.1. The minimum Gasteiger partial charge on any atom is -0.756 e. The highest BCUT2D eigenvalue weighted by atomic mass is 31.2. The zero-order valence-electron chi connectivity index (χ0n) is 36.0. The summed E-state index contributed by atoms with van der Waals surface area (Å²) in [6, 6.07) is -0.792. The van der Waals surface area contributed by atoms with Gasteiger partial charge in [0.15, 0.2) is 0 Å². The summed E-state index contributed by atoms with van der Waals surface area (Å²) < 4.78 is 23.3. The molecule has 0 saturated carbocycles. The Hall–Kier alpha value is -0.500. The van der Waals surface area contributed by atoms with E-state index in [9.17, 15) is 19.4 Å². The van der Waals surface area contributed by atoms with Gasteiger partial charge in [0.2, 0.25) is 5.91 Å². The topological polar surface area (TPSA) is 108 Å². The van der Waals surface area contributed by atoms with E-state index in [4.69, 9.17) is 9.05 Å². The number of unbranched alkanes of at least 4 members (excludes halogenated alkanes) is 29. The Bertz CT molecular complexity index is 839. The number of hydrogen-bond acceptors (Lipinski definition) is 6. The summed E-state index contributed by atoms with van der Waals surface area (Å²) in [6.45, 7) is 4.74. The Morgan fingerprint density at radius 1 is 0.585 bits per heavy atom. The molecule has 0 aromatic carbocycles. The van der Waals surface area contributed by atoms with Crippen LogP contribution in [0, 0.1) is 0 Å². The number of carbonyl (C=O) groups is 1. The van der Waals surface area contributed by atoms with Crippen LogP contribution in [-0.4, -0.2) is 68.5 Å². The normalized spacial score (nSPS) is 14.3. The Morgan fingerprint density at radius 2 is 0.925 bits per heavy atom. The van der Waals surface area contributed by atoms with Gasteiger partial charge in [-0.25, -0.2) is 0 Å². The molecule has 0 heterocycles. The third-order valence-corrected chi connectivity index (χ3v) is 11.6. The predicted molar refractivity (Wildman–Crippen MR) is 224 cm³/mol. The SMILES string of the molecule is CCCCCCCCCCCCCCCCCCC[C@@H](O)[C@H](COP(=O)([O-])OCC[N+](C)(C)C)NC(=O)CCCCCCCCCCCCCCCC. The molecular formula is C44H91N2O6P. The van der Waals surface area contributed by atoms with E-state index in [2.05, 4.69) is 19.2 Å². The standard InChI is InChI=1S/C44H91N2O6P/c1-6-8-10-12-14-16-18-20-22-23-24-25-27-29-31-33-35-37-43(47)42(41-52-53(49,50)51-40-39-46(3,4)5)45-44(48)38-36-34-32-30-28-26-21-19-17-15-13-11-9-7-2/h42-43,47H,6-41H2,1-5H3,(H-,45,48,49,50)/t42-,43+/m0/s1. The summed E-state index contributed by atoms with van der Waals surface area (Å²) in [5.41, 5.74) is 0. The van der Waals surface area contributed by atoms with Gasteiger partial charge in [-0.2, -0.15) is 0 Å². The van der Waals surface area contributed by atoms with E-state index in [0.29, 0.717) is 23.9 Å². The maximum absolute atomic E-state index is 12.9. The molecule has 0 bridgehead atoms. The predicted octanol–water partition coefficient (Wildman–Crippen LogP) is 12.0. The molecule has 0 aromatic heterocycles. The van der Waals surface area contributed by atoms with Crippen molar-refractivity contribution in [2.24, 2.45) is 0 Å². The number of amides is 1. The van der Waals surface area contributed by atoms with Gasteiger partial charge in [0.1, 0.15) is 13.2 Å². The van der Waals surface area contributed by atoms with E-state index in [1.54, 1.807) is 0 Å². The largest absolute Gasteiger partial charge is 0.756 e. The molecule has 1 unspecified atom stereocenters. The Labute approximate surface area is 329 Å². The van der Waals surface area contributed by atoms with Gasteiger partial charge in [-0.3, -0.25) is 9.36 Å². The van der Waals surface area contributed by atoms with Crippen LogP contribution < -0.4 is 10.2 Å². The van der Waals surface area contributed by atoms with Gasteiger partial charge < -0.3 is 28.8 Å². The zero-order chi connectivity index (χ0) is 39.3. The van der Waals surface area contributed by atoms with Crippen LogP contribution in [0.2, 0.25) is 0 Å². The monoisotopic (exact) mass is 775 g/mol. The first kappa shape index (κ1) is 52.5. The number of aliphatic hydroxyl groups is 1. The molecule has 1 amide bonds. The lowest BCUT2D eigenvalue weighted by molar-refractivity contribution is -0.870. The molecule has 2 N–H and O–H groups in total. The van der Waals surface area contributed by atoms with Crippen LogP contribution in [0.5, 0.6) is 0 Å². The van der Waals surface area contributed by atoms with Gasteiger partial charge in [0, 0.05) is 6.42 Å². The van der Waals surface area contributed by atoms with Crippen molar-refractivity contribution in [2.45, 2.75) is 238 Å². The molecule has 8 nitrogen and oxygen atoms in total. The first-order chi connectivity index (χ1) is 25.5. The molecule has 0 saturated heterocycles. The molecule has 0 fully saturated rings. The second-order valence-corrected chi connectivity index (χ2v) is 18.5. The van der Waals surface area contributed by atoms with Crippen molar-refractivity contribution in [3.63, 3.8) is 0 Å². The van der Waals surface area contributed by atoms with Crippen molar-refractivity contribution in [2.75, 3.05) is 40.9 Å². The molecule has 0 spiro atoms. The molecule has 0 aliphatic heterocycles. The van der Waals surface area contributed by atoms with Crippen LogP contribution in [-0.2, 0) is 18.4 Å². The Kier molecular flexibility index (Phi) is 36.7. The number of rotatable bonds is 42. The Morgan fingerprint density at radius 3 is 1.28 bits per heavy atom. The fourth-order valence-corrected chi connectivity index (χ4v) is 7.65. The number of likely N-dealkylation sites (N-methyl/N-ethyl adjacent to an activating group) is 1. The van der Waals surface area contributed by atoms with Gasteiger partial charge in [-0.15, -0.1) is 0 Å². The first-order valence-corrected chi connectivity index (χ1v) is 24.3. The van der Waals surface area contributed by atoms with E-state index in [1.807, 2.05) is 21.1 Å². The van der Waals surface area contributed by atoms with Gasteiger partial charge in [0.05, 0.1) is 39.9 Å². The van der Waals surface area contributed by atoms with E-state index in [1.165, 1.54) is 161 Å². The maximum atomic E-state index is 12.9. The number of nitrogens with one attached hydrogen (secondary N) is 1. The summed E-state index contributed by atoms with van der Waals surface area (Å²) in [7, 11) is 1.32. The fourth-order valence-electron chi connectivity index (χ4n) is 6.92. The molecule has 9 heteroatoms. The highest BCUT2D eigenvalue weighted by Gasteiger charge is 2.24. The van der Waals surface area contributed by atoms with Crippen LogP contribution in [0.1, 0.15) is 226 Å². The molecule has 0 aliphatic rings. The van der Waals surface area contributed by atoms with Crippen LogP contribution in [0.25, 0.3) is 0 Å². The zero-order valence-corrected chi connectivity index (χ0v) is 36.9. The number of aliphatic hydroxyl groups excluding tert-OH is 1. The quantitative estimate of drug-likeness (QED) is 0.0363. The van der Waals surface area contributed by atoms with E-state index < -0.39 is 20.0 Å². The summed E-state index contributed by atoms with van der Waals surface area (Å²) in [6.07, 6.45) is 39.5.